The lowest BCUT2D eigenvalue weighted by atomic mass is 10.1. The van der Waals surface area contributed by atoms with Gasteiger partial charge in [-0.2, -0.15) is 5.26 Å². The van der Waals surface area contributed by atoms with E-state index in [0.29, 0.717) is 21.8 Å². The predicted octanol–water partition coefficient (Wildman–Crippen LogP) is 2.75. The highest BCUT2D eigenvalue weighted by Crippen LogP contribution is 2.26. The van der Waals surface area contributed by atoms with E-state index in [2.05, 4.69) is 6.58 Å². The van der Waals surface area contributed by atoms with Crippen LogP contribution in [0.15, 0.2) is 30.4 Å². The molecular formula is C12H11ClN2O. The Balaban J connectivity index is 3.25. The van der Waals surface area contributed by atoms with Gasteiger partial charge in [0.25, 0.3) is 5.91 Å². The van der Waals surface area contributed by atoms with E-state index in [9.17, 15) is 4.79 Å². The zero-order chi connectivity index (χ0) is 12.3. The Kier molecular flexibility index (Phi) is 3.70. The summed E-state index contributed by atoms with van der Waals surface area (Å²) in [4.78, 5) is 13.1. The van der Waals surface area contributed by atoms with Gasteiger partial charge in [-0.1, -0.05) is 24.2 Å². The second-order valence-electron chi connectivity index (χ2n) is 3.39. The number of rotatable bonds is 2. The lowest BCUT2D eigenvalue weighted by molar-refractivity contribution is -0.114. The van der Waals surface area contributed by atoms with Crippen LogP contribution in [0.2, 0.25) is 5.02 Å². The molecule has 0 aliphatic rings. The molecule has 0 aromatic heterocycles. The molecule has 4 heteroatoms. The molecule has 0 spiro atoms. The Labute approximate surface area is 99.5 Å². The minimum Gasteiger partial charge on any atom is -0.310 e. The van der Waals surface area contributed by atoms with Crippen LogP contribution in [0, 0.1) is 11.3 Å². The lowest BCUT2D eigenvalue weighted by Gasteiger charge is -2.18. The van der Waals surface area contributed by atoms with Crippen LogP contribution in [0.25, 0.3) is 0 Å². The average molecular weight is 235 g/mol. The Morgan fingerprint density at radius 3 is 2.69 bits per heavy atom. The smallest absolute Gasteiger partial charge is 0.253 e. The Bertz CT molecular complexity index is 488. The van der Waals surface area contributed by atoms with E-state index < -0.39 is 0 Å². The van der Waals surface area contributed by atoms with Crippen LogP contribution in [0.3, 0.4) is 0 Å². The van der Waals surface area contributed by atoms with Gasteiger partial charge in [-0.05, 0) is 19.1 Å². The molecule has 0 fully saturated rings. The zero-order valence-electron chi connectivity index (χ0n) is 9.12. The number of halogens is 1. The van der Waals surface area contributed by atoms with Crippen molar-refractivity contribution in [2.24, 2.45) is 0 Å². The van der Waals surface area contributed by atoms with Crippen molar-refractivity contribution in [3.05, 3.63) is 40.9 Å². The largest absolute Gasteiger partial charge is 0.310 e. The molecule has 16 heavy (non-hydrogen) atoms. The van der Waals surface area contributed by atoms with Gasteiger partial charge in [0.15, 0.2) is 0 Å². The first-order valence-corrected chi connectivity index (χ1v) is 4.99. The number of carbonyl (C=O) groups excluding carboxylic acids is 1. The maximum atomic E-state index is 11.7. The third kappa shape index (κ3) is 2.23. The molecule has 0 heterocycles. The van der Waals surface area contributed by atoms with Gasteiger partial charge in [0.2, 0.25) is 0 Å². The summed E-state index contributed by atoms with van der Waals surface area (Å²) in [6, 6.07) is 6.96. The fraction of sp³-hybridized carbons (Fsp3) is 0.167. The molecular weight excluding hydrogens is 224 g/mol. The Morgan fingerprint density at radius 1 is 1.56 bits per heavy atom. The standard InChI is InChI=1S/C12H11ClN2O/c1-8(2)12(16)15(3)11-6-4-5-10(13)9(11)7-14/h4-6H,1H2,2-3H3. The highest BCUT2D eigenvalue weighted by molar-refractivity contribution is 6.32. The molecule has 82 valence electrons. The number of nitriles is 1. The summed E-state index contributed by atoms with van der Waals surface area (Å²) in [6.45, 7) is 5.19. The van der Waals surface area contributed by atoms with Gasteiger partial charge in [-0.25, -0.2) is 0 Å². The van der Waals surface area contributed by atoms with Gasteiger partial charge in [0.05, 0.1) is 16.3 Å². The van der Waals surface area contributed by atoms with Crippen LogP contribution in [0.5, 0.6) is 0 Å². The Morgan fingerprint density at radius 2 is 2.19 bits per heavy atom. The molecule has 0 atom stereocenters. The minimum absolute atomic E-state index is 0.237. The number of nitrogens with zero attached hydrogens (tertiary/aromatic N) is 2. The second kappa shape index (κ2) is 4.82. The molecule has 0 bridgehead atoms. The van der Waals surface area contributed by atoms with E-state index >= 15 is 0 Å². The van der Waals surface area contributed by atoms with Crippen molar-refractivity contribution in [2.75, 3.05) is 11.9 Å². The quantitative estimate of drug-likeness (QED) is 0.739. The van der Waals surface area contributed by atoms with Crippen LogP contribution < -0.4 is 4.90 Å². The van der Waals surface area contributed by atoms with Crippen molar-refractivity contribution < 1.29 is 4.79 Å². The van der Waals surface area contributed by atoms with Crippen LogP contribution in [0.4, 0.5) is 5.69 Å². The highest BCUT2D eigenvalue weighted by Gasteiger charge is 2.16. The molecule has 0 radical (unpaired) electrons. The number of benzene rings is 1. The van der Waals surface area contributed by atoms with Crippen LogP contribution >= 0.6 is 11.6 Å². The number of amides is 1. The fourth-order valence-corrected chi connectivity index (χ4v) is 1.51. The normalized spacial score (nSPS) is 9.38. The number of carbonyl (C=O) groups is 1. The second-order valence-corrected chi connectivity index (χ2v) is 3.80. The lowest BCUT2D eigenvalue weighted by Crippen LogP contribution is -2.27. The van der Waals surface area contributed by atoms with Crippen molar-refractivity contribution in [1.29, 1.82) is 5.26 Å². The van der Waals surface area contributed by atoms with Crippen molar-refractivity contribution in [1.82, 2.24) is 0 Å². The summed E-state index contributed by atoms with van der Waals surface area (Å²) in [6.07, 6.45) is 0. The van der Waals surface area contributed by atoms with Gasteiger partial charge in [0, 0.05) is 12.6 Å². The summed E-state index contributed by atoms with van der Waals surface area (Å²) < 4.78 is 0. The van der Waals surface area contributed by atoms with Gasteiger partial charge in [-0.15, -0.1) is 0 Å². The first kappa shape index (κ1) is 12.3. The summed E-state index contributed by atoms with van der Waals surface area (Å²) in [7, 11) is 1.59. The van der Waals surface area contributed by atoms with Crippen LogP contribution in [0.1, 0.15) is 12.5 Å². The van der Waals surface area contributed by atoms with E-state index in [-0.39, 0.29) is 5.91 Å². The molecule has 0 aliphatic heterocycles. The third-order valence-electron chi connectivity index (χ3n) is 2.13. The van der Waals surface area contributed by atoms with E-state index in [1.807, 2.05) is 6.07 Å². The molecule has 0 N–H and O–H groups in total. The molecule has 1 aromatic rings. The molecule has 0 saturated carbocycles. The van der Waals surface area contributed by atoms with E-state index in [1.54, 1.807) is 32.2 Å². The summed E-state index contributed by atoms with van der Waals surface area (Å²) in [5, 5.41) is 9.31. The van der Waals surface area contributed by atoms with Gasteiger partial charge in [0.1, 0.15) is 6.07 Å². The van der Waals surface area contributed by atoms with Crippen molar-refractivity contribution >= 4 is 23.2 Å². The van der Waals surface area contributed by atoms with Crippen molar-refractivity contribution in [2.45, 2.75) is 6.92 Å². The maximum absolute atomic E-state index is 11.7. The van der Waals surface area contributed by atoms with Gasteiger partial charge >= 0.3 is 0 Å². The molecule has 1 amide bonds. The number of anilines is 1. The summed E-state index contributed by atoms with van der Waals surface area (Å²) in [5.74, 6) is -0.237. The summed E-state index contributed by atoms with van der Waals surface area (Å²) in [5.41, 5.74) is 1.19. The topological polar surface area (TPSA) is 44.1 Å². The SMILES string of the molecule is C=C(C)C(=O)N(C)c1cccc(Cl)c1C#N. The van der Waals surface area contributed by atoms with Gasteiger partial charge in [-0.3, -0.25) is 4.79 Å². The maximum Gasteiger partial charge on any atom is 0.253 e. The Hall–Kier alpha value is -1.79. The third-order valence-corrected chi connectivity index (χ3v) is 2.45. The number of likely N-dealkylation sites (N-methyl/N-ethyl adjacent to an activating group) is 1. The minimum atomic E-state index is -0.237. The van der Waals surface area contributed by atoms with Crippen LogP contribution in [-0.2, 0) is 4.79 Å². The number of hydrogen-bond donors (Lipinski definition) is 0. The molecule has 1 rings (SSSR count). The van der Waals surface area contributed by atoms with E-state index in [4.69, 9.17) is 16.9 Å². The highest BCUT2D eigenvalue weighted by atomic mass is 35.5. The average Bonchev–Trinajstić information content (AvgIpc) is 2.26. The van der Waals surface area contributed by atoms with Crippen molar-refractivity contribution in [3.8, 4) is 6.07 Å². The van der Waals surface area contributed by atoms with Crippen LogP contribution in [-0.4, -0.2) is 13.0 Å². The fourth-order valence-electron chi connectivity index (χ4n) is 1.30. The molecule has 1 aromatic carbocycles. The van der Waals surface area contributed by atoms with E-state index in [1.165, 1.54) is 4.90 Å². The predicted molar refractivity (Wildman–Crippen MR) is 64.4 cm³/mol. The molecule has 0 saturated heterocycles. The zero-order valence-corrected chi connectivity index (χ0v) is 9.88. The monoisotopic (exact) mass is 234 g/mol. The van der Waals surface area contributed by atoms with E-state index in [0.717, 1.165) is 0 Å². The first-order valence-electron chi connectivity index (χ1n) is 4.61. The van der Waals surface area contributed by atoms with Crippen molar-refractivity contribution in [3.63, 3.8) is 0 Å². The first-order chi connectivity index (χ1) is 7.49. The molecule has 0 aliphatic carbocycles. The van der Waals surface area contributed by atoms with Gasteiger partial charge < -0.3 is 4.90 Å². The molecule has 0 unspecified atom stereocenters. The summed E-state index contributed by atoms with van der Waals surface area (Å²) >= 11 is 5.87. The number of hydrogen-bond acceptors (Lipinski definition) is 2. The molecule has 3 nitrogen and oxygen atoms in total.